The second-order valence-corrected chi connectivity index (χ2v) is 7.16. The number of benzene rings is 2. The van der Waals surface area contributed by atoms with Gasteiger partial charge in [0.1, 0.15) is 5.75 Å². The van der Waals surface area contributed by atoms with Crippen LogP contribution in [0.4, 0.5) is 5.69 Å². The maximum Gasteiger partial charge on any atom is 0.262 e. The average Bonchev–Trinajstić information content (AvgIpc) is 2.66. The largest absolute Gasteiger partial charge is 0.495 e. The van der Waals surface area contributed by atoms with E-state index in [9.17, 15) is 9.59 Å². The van der Waals surface area contributed by atoms with Crippen molar-refractivity contribution in [3.8, 4) is 5.75 Å². The van der Waals surface area contributed by atoms with E-state index < -0.39 is 0 Å². The van der Waals surface area contributed by atoms with Crippen molar-refractivity contribution >= 4 is 34.3 Å². The number of nitrogens with one attached hydrogen (secondary N) is 1. The van der Waals surface area contributed by atoms with Crippen LogP contribution in [0.1, 0.15) is 19.9 Å². The summed E-state index contributed by atoms with van der Waals surface area (Å²) in [5, 5.41) is 3.94. The number of carbonyl (C=O) groups excluding carboxylic acids is 1. The van der Waals surface area contributed by atoms with Gasteiger partial charge in [0, 0.05) is 6.04 Å². The minimum Gasteiger partial charge on any atom is -0.495 e. The van der Waals surface area contributed by atoms with Gasteiger partial charge in [0.2, 0.25) is 5.91 Å². The Morgan fingerprint density at radius 1 is 1.19 bits per heavy atom. The summed E-state index contributed by atoms with van der Waals surface area (Å²) in [4.78, 5) is 29.8. The molecule has 1 N–H and O–H groups in total. The van der Waals surface area contributed by atoms with E-state index in [0.717, 1.165) is 0 Å². The van der Waals surface area contributed by atoms with E-state index in [0.29, 0.717) is 27.5 Å². The maximum atomic E-state index is 12.8. The van der Waals surface area contributed by atoms with Crippen molar-refractivity contribution in [2.75, 3.05) is 18.2 Å². The van der Waals surface area contributed by atoms with Crippen molar-refractivity contribution in [2.24, 2.45) is 0 Å². The van der Waals surface area contributed by atoms with Crippen LogP contribution in [-0.2, 0) is 4.79 Å². The van der Waals surface area contributed by atoms with Crippen LogP contribution in [0.15, 0.2) is 58.5 Å². The zero-order valence-electron chi connectivity index (χ0n) is 15.4. The molecule has 0 unspecified atom stereocenters. The third-order valence-corrected chi connectivity index (χ3v) is 4.96. The number of thioether (sulfide) groups is 1. The lowest BCUT2D eigenvalue weighted by Crippen LogP contribution is -2.25. The number of anilines is 1. The normalized spacial score (nSPS) is 11.0. The van der Waals surface area contributed by atoms with Gasteiger partial charge in [0.05, 0.1) is 29.5 Å². The molecule has 0 atom stereocenters. The Balaban J connectivity index is 1.83. The fourth-order valence-electron chi connectivity index (χ4n) is 2.75. The van der Waals surface area contributed by atoms with E-state index in [1.54, 1.807) is 35.9 Å². The van der Waals surface area contributed by atoms with Gasteiger partial charge in [0.25, 0.3) is 5.56 Å². The summed E-state index contributed by atoms with van der Waals surface area (Å²) in [5.74, 6) is 0.538. The summed E-state index contributed by atoms with van der Waals surface area (Å²) in [6.45, 7) is 3.85. The molecule has 3 aromatic rings. The smallest absolute Gasteiger partial charge is 0.262 e. The van der Waals surface area contributed by atoms with Crippen molar-refractivity contribution in [1.82, 2.24) is 9.55 Å². The Morgan fingerprint density at radius 3 is 2.63 bits per heavy atom. The number of aromatic nitrogens is 2. The van der Waals surface area contributed by atoms with Crippen molar-refractivity contribution in [2.45, 2.75) is 25.0 Å². The fraction of sp³-hybridized carbons (Fsp3) is 0.250. The second-order valence-electron chi connectivity index (χ2n) is 6.22. The number of para-hydroxylation sites is 3. The quantitative estimate of drug-likeness (QED) is 0.519. The lowest BCUT2D eigenvalue weighted by Gasteiger charge is -2.16. The predicted molar refractivity (Wildman–Crippen MR) is 109 cm³/mol. The molecule has 0 aliphatic rings. The first kappa shape index (κ1) is 19.0. The monoisotopic (exact) mass is 383 g/mol. The molecular formula is C20H21N3O3S. The summed E-state index contributed by atoms with van der Waals surface area (Å²) in [7, 11) is 1.56. The van der Waals surface area contributed by atoms with Crippen LogP contribution >= 0.6 is 11.8 Å². The van der Waals surface area contributed by atoms with Gasteiger partial charge in [-0.2, -0.15) is 0 Å². The van der Waals surface area contributed by atoms with Gasteiger partial charge in [0.15, 0.2) is 5.16 Å². The summed E-state index contributed by atoms with van der Waals surface area (Å²) >= 11 is 1.24. The van der Waals surface area contributed by atoms with E-state index in [2.05, 4.69) is 10.3 Å². The van der Waals surface area contributed by atoms with Gasteiger partial charge in [-0.25, -0.2) is 4.98 Å². The molecule has 0 radical (unpaired) electrons. The molecule has 1 amide bonds. The minimum absolute atomic E-state index is 0.0608. The number of methoxy groups -OCH3 is 1. The molecule has 0 fully saturated rings. The highest BCUT2D eigenvalue weighted by Crippen LogP contribution is 2.24. The van der Waals surface area contributed by atoms with Crippen LogP contribution in [0.3, 0.4) is 0 Å². The van der Waals surface area contributed by atoms with Crippen LogP contribution < -0.4 is 15.6 Å². The van der Waals surface area contributed by atoms with E-state index >= 15 is 0 Å². The highest BCUT2D eigenvalue weighted by atomic mass is 32.2. The van der Waals surface area contributed by atoms with E-state index in [4.69, 9.17) is 4.74 Å². The lowest BCUT2D eigenvalue weighted by atomic mass is 10.2. The molecule has 27 heavy (non-hydrogen) atoms. The van der Waals surface area contributed by atoms with Crippen LogP contribution in [0, 0.1) is 0 Å². The highest BCUT2D eigenvalue weighted by Gasteiger charge is 2.15. The van der Waals surface area contributed by atoms with Gasteiger partial charge in [-0.1, -0.05) is 36.0 Å². The third-order valence-electron chi connectivity index (χ3n) is 4.01. The van der Waals surface area contributed by atoms with Gasteiger partial charge < -0.3 is 10.1 Å². The van der Waals surface area contributed by atoms with Gasteiger partial charge in [-0.05, 0) is 38.1 Å². The van der Waals surface area contributed by atoms with Crippen molar-refractivity contribution < 1.29 is 9.53 Å². The number of rotatable bonds is 6. The Morgan fingerprint density at radius 2 is 1.89 bits per heavy atom. The Labute approximate surface area is 161 Å². The topological polar surface area (TPSA) is 73.2 Å². The van der Waals surface area contributed by atoms with Crippen LogP contribution in [0.25, 0.3) is 10.9 Å². The molecule has 7 heteroatoms. The number of nitrogens with zero attached hydrogens (tertiary/aromatic N) is 2. The van der Waals surface area contributed by atoms with Crippen LogP contribution in [-0.4, -0.2) is 28.3 Å². The molecule has 0 saturated carbocycles. The molecule has 0 aliphatic heterocycles. The molecule has 0 bridgehead atoms. The first-order valence-electron chi connectivity index (χ1n) is 8.58. The zero-order chi connectivity index (χ0) is 19.4. The van der Waals surface area contributed by atoms with Gasteiger partial charge in [-0.3, -0.25) is 14.2 Å². The Hall–Kier alpha value is -2.80. The minimum atomic E-state index is -0.192. The summed E-state index contributed by atoms with van der Waals surface area (Å²) in [5.41, 5.74) is 1.15. The number of amides is 1. The summed E-state index contributed by atoms with van der Waals surface area (Å²) < 4.78 is 6.87. The van der Waals surface area contributed by atoms with Crippen molar-refractivity contribution in [3.63, 3.8) is 0 Å². The molecular weight excluding hydrogens is 362 g/mol. The van der Waals surface area contributed by atoms with Crippen LogP contribution in [0.5, 0.6) is 5.75 Å². The highest BCUT2D eigenvalue weighted by molar-refractivity contribution is 7.99. The second kappa shape index (κ2) is 8.26. The molecule has 2 aromatic carbocycles. The first-order chi connectivity index (χ1) is 13.0. The van der Waals surface area contributed by atoms with Crippen molar-refractivity contribution in [3.05, 3.63) is 58.9 Å². The summed E-state index contributed by atoms with van der Waals surface area (Å²) in [6, 6.07) is 14.4. The van der Waals surface area contributed by atoms with Gasteiger partial charge >= 0.3 is 0 Å². The SMILES string of the molecule is COc1ccccc1NC(=O)CSc1nc2ccccc2c(=O)n1C(C)C. The number of hydrogen-bond donors (Lipinski definition) is 1. The molecule has 140 valence electrons. The molecule has 0 saturated heterocycles. The number of carbonyl (C=O) groups is 1. The lowest BCUT2D eigenvalue weighted by molar-refractivity contribution is -0.113. The van der Waals surface area contributed by atoms with Gasteiger partial charge in [-0.15, -0.1) is 0 Å². The molecule has 1 heterocycles. The third kappa shape index (κ3) is 4.14. The van der Waals surface area contributed by atoms with Crippen LogP contribution in [0.2, 0.25) is 0 Å². The number of ether oxygens (including phenoxy) is 1. The number of hydrogen-bond acceptors (Lipinski definition) is 5. The summed E-state index contributed by atoms with van der Waals surface area (Å²) in [6.07, 6.45) is 0. The number of fused-ring (bicyclic) bond motifs is 1. The molecule has 6 nitrogen and oxygen atoms in total. The zero-order valence-corrected chi connectivity index (χ0v) is 16.2. The van der Waals surface area contributed by atoms with E-state index in [-0.39, 0.29) is 23.3 Å². The maximum absolute atomic E-state index is 12.8. The standard InChI is InChI=1S/C20H21N3O3S/c1-13(2)23-19(25)14-8-4-5-9-15(14)22-20(23)27-12-18(24)21-16-10-6-7-11-17(16)26-3/h4-11,13H,12H2,1-3H3,(H,21,24). The Bertz CT molecular complexity index is 1030. The first-order valence-corrected chi connectivity index (χ1v) is 9.56. The molecule has 0 spiro atoms. The predicted octanol–water partition coefficient (Wildman–Crippen LogP) is 3.72. The Kier molecular flexibility index (Phi) is 5.81. The average molecular weight is 383 g/mol. The fourth-order valence-corrected chi connectivity index (χ4v) is 3.68. The molecule has 0 aliphatic carbocycles. The molecule has 3 rings (SSSR count). The molecule has 1 aromatic heterocycles. The van der Waals surface area contributed by atoms with E-state index in [1.165, 1.54) is 11.8 Å². The van der Waals surface area contributed by atoms with E-state index in [1.807, 2.05) is 38.1 Å². The van der Waals surface area contributed by atoms with Crippen molar-refractivity contribution in [1.29, 1.82) is 0 Å².